The van der Waals surface area contributed by atoms with E-state index in [0.717, 1.165) is 35.4 Å². The van der Waals surface area contributed by atoms with E-state index in [-0.39, 0.29) is 18.0 Å². The molecule has 3 N–H and O–H groups in total. The average molecular weight is 366 g/mol. The zero-order valence-corrected chi connectivity index (χ0v) is 15.8. The van der Waals surface area contributed by atoms with Gasteiger partial charge in [-0.15, -0.1) is 0 Å². The van der Waals surface area contributed by atoms with Gasteiger partial charge >= 0.3 is 5.97 Å². The average Bonchev–Trinajstić information content (AvgIpc) is 2.59. The molecule has 1 aromatic carbocycles. The second-order valence-electron chi connectivity index (χ2n) is 7.72. The van der Waals surface area contributed by atoms with E-state index in [2.05, 4.69) is 41.0 Å². The lowest BCUT2D eigenvalue weighted by Gasteiger charge is -2.38. The van der Waals surface area contributed by atoms with Crippen LogP contribution in [0.2, 0.25) is 0 Å². The number of benzene rings is 1. The highest BCUT2D eigenvalue weighted by Crippen LogP contribution is 2.26. The van der Waals surface area contributed by atoms with Gasteiger partial charge in [0.15, 0.2) is 0 Å². The number of carboxylic acids is 1. The minimum atomic E-state index is -0.783. The Morgan fingerprint density at radius 2 is 2.07 bits per heavy atom. The molecule has 1 saturated heterocycles. The van der Waals surface area contributed by atoms with Gasteiger partial charge in [-0.05, 0) is 38.3 Å². The number of carboxylic acid groups (broad SMARTS) is 1. The van der Waals surface area contributed by atoms with Crippen LogP contribution in [0, 0.1) is 0 Å². The second kappa shape index (κ2) is 7.78. The number of hydrogen-bond donors (Lipinski definition) is 3. The summed E-state index contributed by atoms with van der Waals surface area (Å²) in [5.74, 6) is -0.174. The third-order valence-electron chi connectivity index (χ3n) is 4.63. The quantitative estimate of drug-likeness (QED) is 0.724. The molecule has 2 heterocycles. The summed E-state index contributed by atoms with van der Waals surface area (Å²) in [5, 5.41) is 15.6. The van der Waals surface area contributed by atoms with Gasteiger partial charge in [0.05, 0.1) is 5.69 Å². The number of aryl methyl sites for hydroxylation is 1. The Bertz CT molecular complexity index is 830. The molecule has 6 heteroatoms. The fourth-order valence-corrected chi connectivity index (χ4v) is 3.53. The maximum absolute atomic E-state index is 10.7. The van der Waals surface area contributed by atoms with Crippen molar-refractivity contribution in [3.8, 4) is 11.3 Å². The van der Waals surface area contributed by atoms with E-state index in [0.29, 0.717) is 12.4 Å². The maximum atomic E-state index is 10.7. The fourth-order valence-electron chi connectivity index (χ4n) is 3.53. The molecule has 3 rings (SSSR count). The Morgan fingerprint density at radius 3 is 2.74 bits per heavy atom. The van der Waals surface area contributed by atoms with Crippen LogP contribution >= 0.6 is 0 Å². The molecule has 1 aromatic heterocycles. The molecule has 6 nitrogen and oxygen atoms in total. The molecule has 0 amide bonds. The van der Waals surface area contributed by atoms with Crippen LogP contribution in [0.15, 0.2) is 48.8 Å². The van der Waals surface area contributed by atoms with Gasteiger partial charge in [0.25, 0.3) is 0 Å². The molecular formula is C21H26N4O2. The lowest BCUT2D eigenvalue weighted by molar-refractivity contribution is -0.136. The molecule has 0 bridgehead atoms. The van der Waals surface area contributed by atoms with Gasteiger partial charge in [-0.25, -0.2) is 9.97 Å². The van der Waals surface area contributed by atoms with Gasteiger partial charge < -0.3 is 15.7 Å². The molecule has 0 spiro atoms. The van der Waals surface area contributed by atoms with Crippen molar-refractivity contribution in [2.75, 3.05) is 5.32 Å². The number of aromatic nitrogens is 2. The zero-order chi connectivity index (χ0) is 19.4. The Hall–Kier alpha value is -2.89. The third-order valence-corrected chi connectivity index (χ3v) is 4.63. The van der Waals surface area contributed by atoms with E-state index in [9.17, 15) is 4.79 Å². The number of rotatable bonds is 6. The predicted molar refractivity (Wildman–Crippen MR) is 106 cm³/mol. The van der Waals surface area contributed by atoms with Crippen LogP contribution in [0.5, 0.6) is 0 Å². The molecule has 2 aromatic rings. The molecule has 27 heavy (non-hydrogen) atoms. The van der Waals surface area contributed by atoms with Crippen molar-refractivity contribution >= 4 is 11.9 Å². The third kappa shape index (κ3) is 5.29. The number of hydrogen-bond acceptors (Lipinski definition) is 5. The molecule has 1 unspecified atom stereocenters. The van der Waals surface area contributed by atoms with Crippen molar-refractivity contribution in [1.82, 2.24) is 15.3 Å². The minimum Gasteiger partial charge on any atom is -0.481 e. The van der Waals surface area contributed by atoms with Gasteiger partial charge in [0.1, 0.15) is 0 Å². The summed E-state index contributed by atoms with van der Waals surface area (Å²) >= 11 is 0. The van der Waals surface area contributed by atoms with Crippen LogP contribution in [0.4, 0.5) is 5.95 Å². The summed E-state index contributed by atoms with van der Waals surface area (Å²) in [7, 11) is 0. The normalized spacial score (nSPS) is 18.6. The van der Waals surface area contributed by atoms with Crippen molar-refractivity contribution in [3.05, 3.63) is 54.4 Å². The number of nitrogens with one attached hydrogen (secondary N) is 2. The van der Waals surface area contributed by atoms with Crippen LogP contribution < -0.4 is 10.6 Å². The smallest absolute Gasteiger partial charge is 0.303 e. The van der Waals surface area contributed by atoms with Crippen LogP contribution in [-0.4, -0.2) is 32.6 Å². The van der Waals surface area contributed by atoms with E-state index in [1.165, 1.54) is 0 Å². The number of piperidine rings is 1. The molecular weight excluding hydrogens is 340 g/mol. The zero-order valence-electron chi connectivity index (χ0n) is 15.8. The molecule has 0 saturated carbocycles. The van der Waals surface area contributed by atoms with Gasteiger partial charge in [-0.3, -0.25) is 4.79 Å². The van der Waals surface area contributed by atoms with Gasteiger partial charge in [0, 0.05) is 41.9 Å². The molecule has 0 radical (unpaired) electrons. The van der Waals surface area contributed by atoms with E-state index in [1.807, 2.05) is 30.3 Å². The summed E-state index contributed by atoms with van der Waals surface area (Å²) < 4.78 is 0. The van der Waals surface area contributed by atoms with E-state index in [1.54, 1.807) is 6.20 Å². The van der Waals surface area contributed by atoms with Gasteiger partial charge in [0.2, 0.25) is 5.95 Å². The molecule has 142 valence electrons. The van der Waals surface area contributed by atoms with Crippen LogP contribution in [-0.2, 0) is 11.2 Å². The van der Waals surface area contributed by atoms with Gasteiger partial charge in [-0.2, -0.15) is 0 Å². The van der Waals surface area contributed by atoms with Crippen LogP contribution in [0.3, 0.4) is 0 Å². The van der Waals surface area contributed by atoms with Crippen molar-refractivity contribution in [2.24, 2.45) is 0 Å². The van der Waals surface area contributed by atoms with Crippen molar-refractivity contribution < 1.29 is 9.90 Å². The first-order valence-corrected chi connectivity index (χ1v) is 9.17. The first-order chi connectivity index (χ1) is 12.8. The maximum Gasteiger partial charge on any atom is 0.303 e. The highest BCUT2D eigenvalue weighted by atomic mass is 16.4. The van der Waals surface area contributed by atoms with Crippen molar-refractivity contribution in [1.29, 1.82) is 0 Å². The summed E-state index contributed by atoms with van der Waals surface area (Å²) in [6.45, 7) is 8.40. The molecule has 1 fully saturated rings. The molecule has 1 aliphatic heterocycles. The van der Waals surface area contributed by atoms with Crippen molar-refractivity contribution in [2.45, 2.75) is 51.1 Å². The topological polar surface area (TPSA) is 87.1 Å². The lowest BCUT2D eigenvalue weighted by atomic mass is 9.88. The fraction of sp³-hybridized carbons (Fsp3) is 0.381. The first kappa shape index (κ1) is 18.9. The highest BCUT2D eigenvalue weighted by molar-refractivity contribution is 5.67. The largest absolute Gasteiger partial charge is 0.481 e. The van der Waals surface area contributed by atoms with Crippen molar-refractivity contribution in [3.63, 3.8) is 0 Å². The Labute approximate surface area is 159 Å². The summed E-state index contributed by atoms with van der Waals surface area (Å²) in [6, 6.07) is 9.96. The Kier molecular flexibility index (Phi) is 5.44. The Morgan fingerprint density at radius 1 is 1.33 bits per heavy atom. The van der Waals surface area contributed by atoms with Crippen LogP contribution in [0.1, 0.15) is 38.7 Å². The van der Waals surface area contributed by atoms with Crippen LogP contribution in [0.25, 0.3) is 11.3 Å². The lowest BCUT2D eigenvalue weighted by Crippen LogP contribution is -2.48. The first-order valence-electron chi connectivity index (χ1n) is 9.17. The number of aliphatic carboxylic acids is 1. The van der Waals surface area contributed by atoms with E-state index >= 15 is 0 Å². The van der Waals surface area contributed by atoms with E-state index < -0.39 is 5.97 Å². The minimum absolute atomic E-state index is 0.00358. The second-order valence-corrected chi connectivity index (χ2v) is 7.72. The van der Waals surface area contributed by atoms with Gasteiger partial charge in [-0.1, -0.05) is 30.8 Å². The summed E-state index contributed by atoms with van der Waals surface area (Å²) in [4.78, 5) is 19.7. The Balaban J connectivity index is 1.70. The number of nitrogens with zero attached hydrogens (tertiary/aromatic N) is 2. The van der Waals surface area contributed by atoms with E-state index in [4.69, 9.17) is 5.11 Å². The standard InChI is InChI=1S/C21H26N4O2/c1-14-12-17(13-21(2,3)25-14)23-20-22-11-10-18(24-20)16-7-4-15(5-8-16)6-9-19(26)27/h4-5,7-8,10-11,17,25H,1,6,9,12-13H2,2-3H3,(H,26,27)(H,22,23,24). The monoisotopic (exact) mass is 366 g/mol. The highest BCUT2D eigenvalue weighted by Gasteiger charge is 2.29. The predicted octanol–water partition coefficient (Wildman–Crippen LogP) is 3.62. The SMILES string of the molecule is C=C1CC(Nc2nccc(-c3ccc(CCC(=O)O)cc3)n2)CC(C)(C)N1. The summed E-state index contributed by atoms with van der Waals surface area (Å²) in [6.07, 6.45) is 4.22. The summed E-state index contributed by atoms with van der Waals surface area (Å²) in [5.41, 5.74) is 3.84. The number of anilines is 1. The molecule has 0 aliphatic carbocycles. The molecule has 1 atom stereocenters. The molecule has 1 aliphatic rings. The number of carbonyl (C=O) groups is 1.